The first-order chi connectivity index (χ1) is 8.83. The molecule has 0 unspecified atom stereocenters. The normalized spacial score (nSPS) is 10.5. The van der Waals surface area contributed by atoms with Crippen LogP contribution in [0.1, 0.15) is 5.56 Å². The van der Waals surface area contributed by atoms with Crippen LogP contribution in [0.3, 0.4) is 0 Å². The minimum atomic E-state index is 0.886. The zero-order valence-electron chi connectivity index (χ0n) is 10.1. The Morgan fingerprint density at radius 3 is 2.56 bits per heavy atom. The summed E-state index contributed by atoms with van der Waals surface area (Å²) in [6, 6.07) is 18.3. The van der Waals surface area contributed by atoms with Crippen LogP contribution in [-0.2, 0) is 0 Å². The quantitative estimate of drug-likeness (QED) is 0.682. The van der Waals surface area contributed by atoms with Gasteiger partial charge >= 0.3 is 0 Å². The van der Waals surface area contributed by atoms with Gasteiger partial charge in [-0.1, -0.05) is 47.7 Å². The predicted octanol–water partition coefficient (Wildman–Crippen LogP) is 3.24. The topological polar surface area (TPSA) is 30.7 Å². The van der Waals surface area contributed by atoms with Crippen molar-refractivity contribution in [1.82, 2.24) is 15.0 Å². The summed E-state index contributed by atoms with van der Waals surface area (Å²) in [6.45, 7) is 2.07. The summed E-state index contributed by atoms with van der Waals surface area (Å²) in [5.41, 5.74) is 4.21. The lowest BCUT2D eigenvalue weighted by molar-refractivity contribution is 0.803. The van der Waals surface area contributed by atoms with Crippen molar-refractivity contribution in [1.29, 1.82) is 0 Å². The third kappa shape index (κ3) is 2.02. The zero-order valence-corrected chi connectivity index (χ0v) is 10.1. The van der Waals surface area contributed by atoms with Gasteiger partial charge in [0.15, 0.2) is 0 Å². The molecule has 0 radical (unpaired) electrons. The average molecular weight is 235 g/mol. The average Bonchev–Trinajstić information content (AvgIpc) is 2.89. The van der Waals surface area contributed by atoms with Crippen molar-refractivity contribution in [3.05, 3.63) is 66.4 Å². The van der Waals surface area contributed by atoms with Crippen molar-refractivity contribution in [2.75, 3.05) is 0 Å². The Labute approximate surface area is 106 Å². The number of benzene rings is 2. The molecule has 3 nitrogen and oxygen atoms in total. The van der Waals surface area contributed by atoms with E-state index in [1.165, 1.54) is 5.56 Å². The van der Waals surface area contributed by atoms with Crippen molar-refractivity contribution >= 4 is 0 Å². The second-order valence-corrected chi connectivity index (χ2v) is 4.25. The van der Waals surface area contributed by atoms with Gasteiger partial charge in [-0.3, -0.25) is 0 Å². The van der Waals surface area contributed by atoms with Crippen molar-refractivity contribution in [2.45, 2.75) is 6.92 Å². The molecule has 0 amide bonds. The molecule has 0 aliphatic carbocycles. The van der Waals surface area contributed by atoms with Crippen LogP contribution >= 0.6 is 0 Å². The van der Waals surface area contributed by atoms with E-state index in [0.717, 1.165) is 16.9 Å². The number of aromatic nitrogens is 3. The summed E-state index contributed by atoms with van der Waals surface area (Å²) in [5, 5.41) is 8.38. The van der Waals surface area contributed by atoms with Gasteiger partial charge in [-0.25, -0.2) is 4.68 Å². The van der Waals surface area contributed by atoms with Crippen LogP contribution in [-0.4, -0.2) is 15.0 Å². The molecule has 0 aliphatic heterocycles. The SMILES string of the molecule is Cc1cccc(-n2cc(-c3ccccc3)nn2)c1. The van der Waals surface area contributed by atoms with E-state index in [1.807, 2.05) is 48.7 Å². The Morgan fingerprint density at radius 1 is 0.944 bits per heavy atom. The molecule has 3 heteroatoms. The Bertz CT molecular complexity index is 656. The van der Waals surface area contributed by atoms with E-state index in [0.29, 0.717) is 0 Å². The summed E-state index contributed by atoms with van der Waals surface area (Å²) in [7, 11) is 0. The Kier molecular flexibility index (Phi) is 2.65. The molecule has 88 valence electrons. The van der Waals surface area contributed by atoms with E-state index in [-0.39, 0.29) is 0 Å². The monoisotopic (exact) mass is 235 g/mol. The molecule has 1 aromatic heterocycles. The van der Waals surface area contributed by atoms with Gasteiger partial charge in [0.2, 0.25) is 0 Å². The highest BCUT2D eigenvalue weighted by atomic mass is 15.4. The van der Waals surface area contributed by atoms with Crippen LogP contribution in [0.15, 0.2) is 60.8 Å². The molecule has 0 bridgehead atoms. The molecular formula is C15H13N3. The van der Waals surface area contributed by atoms with Crippen LogP contribution in [0.2, 0.25) is 0 Å². The van der Waals surface area contributed by atoms with E-state index in [1.54, 1.807) is 4.68 Å². The molecular weight excluding hydrogens is 222 g/mol. The molecule has 0 N–H and O–H groups in total. The highest BCUT2D eigenvalue weighted by Gasteiger charge is 2.04. The zero-order chi connectivity index (χ0) is 12.4. The van der Waals surface area contributed by atoms with Crippen LogP contribution in [0, 0.1) is 6.92 Å². The van der Waals surface area contributed by atoms with E-state index >= 15 is 0 Å². The standard InChI is InChI=1S/C15H13N3/c1-12-6-5-9-14(10-12)18-11-15(16-17-18)13-7-3-2-4-8-13/h2-11H,1H3. The van der Waals surface area contributed by atoms with E-state index in [9.17, 15) is 0 Å². The summed E-state index contributed by atoms with van der Waals surface area (Å²) in [5.74, 6) is 0. The van der Waals surface area contributed by atoms with Crippen molar-refractivity contribution in [2.24, 2.45) is 0 Å². The van der Waals surface area contributed by atoms with E-state index < -0.39 is 0 Å². The van der Waals surface area contributed by atoms with Gasteiger partial charge in [0.05, 0.1) is 11.9 Å². The van der Waals surface area contributed by atoms with Gasteiger partial charge < -0.3 is 0 Å². The number of aryl methyl sites for hydroxylation is 1. The van der Waals surface area contributed by atoms with Crippen molar-refractivity contribution in [3.8, 4) is 16.9 Å². The second-order valence-electron chi connectivity index (χ2n) is 4.25. The van der Waals surface area contributed by atoms with Gasteiger partial charge in [-0.15, -0.1) is 5.10 Å². The van der Waals surface area contributed by atoms with Gasteiger partial charge in [-0.05, 0) is 24.6 Å². The molecule has 0 saturated carbocycles. The number of rotatable bonds is 2. The van der Waals surface area contributed by atoms with Gasteiger partial charge in [0, 0.05) is 5.56 Å². The maximum atomic E-state index is 4.21. The first kappa shape index (κ1) is 10.7. The van der Waals surface area contributed by atoms with Gasteiger partial charge in [0.25, 0.3) is 0 Å². The molecule has 0 spiro atoms. The predicted molar refractivity (Wildman–Crippen MR) is 71.5 cm³/mol. The Morgan fingerprint density at radius 2 is 1.78 bits per heavy atom. The first-order valence-corrected chi connectivity index (χ1v) is 5.88. The van der Waals surface area contributed by atoms with Crippen LogP contribution in [0.4, 0.5) is 0 Å². The number of hydrogen-bond donors (Lipinski definition) is 0. The third-order valence-electron chi connectivity index (χ3n) is 2.83. The van der Waals surface area contributed by atoms with Crippen LogP contribution < -0.4 is 0 Å². The molecule has 3 aromatic rings. The number of nitrogens with zero attached hydrogens (tertiary/aromatic N) is 3. The van der Waals surface area contributed by atoms with Crippen LogP contribution in [0.5, 0.6) is 0 Å². The fraction of sp³-hybridized carbons (Fsp3) is 0.0667. The summed E-state index contributed by atoms with van der Waals surface area (Å²) < 4.78 is 1.80. The van der Waals surface area contributed by atoms with Crippen molar-refractivity contribution < 1.29 is 0 Å². The number of hydrogen-bond acceptors (Lipinski definition) is 2. The van der Waals surface area contributed by atoms with Gasteiger partial charge in [0.1, 0.15) is 5.69 Å². The molecule has 0 fully saturated rings. The van der Waals surface area contributed by atoms with Gasteiger partial charge in [-0.2, -0.15) is 0 Å². The smallest absolute Gasteiger partial charge is 0.113 e. The first-order valence-electron chi connectivity index (χ1n) is 5.88. The fourth-order valence-corrected chi connectivity index (χ4v) is 1.90. The fourth-order valence-electron chi connectivity index (χ4n) is 1.90. The van der Waals surface area contributed by atoms with E-state index in [4.69, 9.17) is 0 Å². The molecule has 0 atom stereocenters. The lowest BCUT2D eigenvalue weighted by Gasteiger charge is -2.00. The minimum absolute atomic E-state index is 0.886. The summed E-state index contributed by atoms with van der Waals surface area (Å²) >= 11 is 0. The molecule has 3 rings (SSSR count). The van der Waals surface area contributed by atoms with Crippen molar-refractivity contribution in [3.63, 3.8) is 0 Å². The molecule has 0 aliphatic rings. The third-order valence-corrected chi connectivity index (χ3v) is 2.83. The highest BCUT2D eigenvalue weighted by Crippen LogP contribution is 2.17. The second kappa shape index (κ2) is 4.45. The summed E-state index contributed by atoms with van der Waals surface area (Å²) in [4.78, 5) is 0. The molecule has 0 saturated heterocycles. The maximum Gasteiger partial charge on any atom is 0.113 e. The lowest BCUT2D eigenvalue weighted by Crippen LogP contribution is -1.94. The minimum Gasteiger partial charge on any atom is -0.220 e. The highest BCUT2D eigenvalue weighted by molar-refractivity contribution is 5.57. The molecule has 1 heterocycles. The Balaban J connectivity index is 2.00. The van der Waals surface area contributed by atoms with E-state index in [2.05, 4.69) is 29.4 Å². The largest absolute Gasteiger partial charge is 0.220 e. The lowest BCUT2D eigenvalue weighted by atomic mass is 10.2. The molecule has 2 aromatic carbocycles. The molecule has 18 heavy (non-hydrogen) atoms. The summed E-state index contributed by atoms with van der Waals surface area (Å²) in [6.07, 6.45) is 1.95. The van der Waals surface area contributed by atoms with Crippen LogP contribution in [0.25, 0.3) is 16.9 Å². The maximum absolute atomic E-state index is 4.21. The Hall–Kier alpha value is -2.42.